The highest BCUT2D eigenvalue weighted by Gasteiger charge is 2.27. The first-order valence-corrected chi connectivity index (χ1v) is 9.26. The summed E-state index contributed by atoms with van der Waals surface area (Å²) in [5.74, 6) is -0.230. The van der Waals surface area contributed by atoms with E-state index in [0.29, 0.717) is 18.7 Å². The average molecular weight is 403 g/mol. The van der Waals surface area contributed by atoms with E-state index in [1.165, 1.54) is 20.8 Å². The Hall–Kier alpha value is -2.10. The number of nitrogen functional groups attached to an aromatic ring is 1. The molecule has 0 bridgehead atoms. The van der Waals surface area contributed by atoms with Gasteiger partial charge in [-0.15, -0.1) is 12.4 Å². The van der Waals surface area contributed by atoms with Gasteiger partial charge in [0.1, 0.15) is 10.6 Å². The van der Waals surface area contributed by atoms with Crippen LogP contribution in [0.4, 0.5) is 5.69 Å². The smallest absolute Gasteiger partial charge is 0.246 e. The quantitative estimate of drug-likeness (QED) is 0.599. The van der Waals surface area contributed by atoms with Crippen LogP contribution in [0, 0.1) is 13.8 Å². The fourth-order valence-electron chi connectivity index (χ4n) is 2.37. The van der Waals surface area contributed by atoms with Crippen LogP contribution in [0.5, 0.6) is 0 Å². The zero-order valence-corrected chi connectivity index (χ0v) is 16.4. The van der Waals surface area contributed by atoms with Crippen LogP contribution in [0.25, 0.3) is 0 Å². The fraction of sp³-hybridized carbons (Fsp3) is 0.375. The summed E-state index contributed by atoms with van der Waals surface area (Å²) in [6.07, 6.45) is 0.620. The summed E-state index contributed by atoms with van der Waals surface area (Å²) < 4.78 is 32.0. The fourth-order valence-corrected chi connectivity index (χ4v) is 3.90. The van der Waals surface area contributed by atoms with E-state index in [9.17, 15) is 13.2 Å². The highest BCUT2D eigenvalue weighted by atomic mass is 35.5. The highest BCUT2D eigenvalue weighted by Crippen LogP contribution is 2.18. The molecule has 4 N–H and O–H groups in total. The van der Waals surface area contributed by atoms with Crippen molar-refractivity contribution >= 4 is 34.0 Å². The minimum Gasteiger partial charge on any atom is -0.399 e. The van der Waals surface area contributed by atoms with Crippen LogP contribution < -0.4 is 15.8 Å². The van der Waals surface area contributed by atoms with E-state index in [1.54, 1.807) is 12.1 Å². The zero-order chi connectivity index (χ0) is 18.6. The molecule has 2 rings (SSSR count). The van der Waals surface area contributed by atoms with Crippen molar-refractivity contribution < 1.29 is 17.7 Å². The van der Waals surface area contributed by atoms with Crippen molar-refractivity contribution in [1.29, 1.82) is 0 Å². The second kappa shape index (κ2) is 9.02. The number of rotatable bonds is 7. The molecule has 8 nitrogen and oxygen atoms in total. The highest BCUT2D eigenvalue weighted by molar-refractivity contribution is 7.89. The first-order chi connectivity index (χ1) is 11.7. The Balaban J connectivity index is 0.00000338. The molecule has 1 amide bonds. The first kappa shape index (κ1) is 21.9. The Bertz CT molecular complexity index is 830. The molecule has 0 fully saturated rings. The summed E-state index contributed by atoms with van der Waals surface area (Å²) in [5.41, 5.74) is 7.57. The topological polar surface area (TPSA) is 127 Å². The molecule has 0 saturated heterocycles. The van der Waals surface area contributed by atoms with E-state index in [0.717, 1.165) is 5.56 Å². The molecule has 0 aliphatic heterocycles. The monoisotopic (exact) mass is 402 g/mol. The van der Waals surface area contributed by atoms with Crippen molar-refractivity contribution in [3.8, 4) is 0 Å². The molecule has 1 unspecified atom stereocenters. The third-order valence-electron chi connectivity index (χ3n) is 3.65. The number of hydrogen-bond donors (Lipinski definition) is 3. The lowest BCUT2D eigenvalue weighted by atomic mass is 10.1. The van der Waals surface area contributed by atoms with Crippen molar-refractivity contribution in [2.75, 3.05) is 12.3 Å². The molecular weight excluding hydrogens is 380 g/mol. The number of nitrogens with zero attached hydrogens (tertiary/aromatic N) is 1. The van der Waals surface area contributed by atoms with Gasteiger partial charge >= 0.3 is 0 Å². The van der Waals surface area contributed by atoms with Crippen molar-refractivity contribution in [1.82, 2.24) is 15.2 Å². The van der Waals surface area contributed by atoms with Crippen LogP contribution in [0.3, 0.4) is 0 Å². The maximum atomic E-state index is 12.4. The van der Waals surface area contributed by atoms with Gasteiger partial charge in [0.15, 0.2) is 5.76 Å². The lowest BCUT2D eigenvalue weighted by Crippen LogP contribution is -2.45. The Morgan fingerprint density at radius 2 is 1.88 bits per heavy atom. The molecule has 0 aliphatic carbocycles. The van der Waals surface area contributed by atoms with Crippen LogP contribution >= 0.6 is 12.4 Å². The maximum absolute atomic E-state index is 12.4. The number of carbonyl (C=O) groups excluding carboxylic acids is 1. The lowest BCUT2D eigenvalue weighted by molar-refractivity contribution is -0.122. The average Bonchev–Trinajstić information content (AvgIpc) is 2.88. The molecule has 0 radical (unpaired) electrons. The molecule has 1 aromatic carbocycles. The molecule has 10 heteroatoms. The van der Waals surface area contributed by atoms with Gasteiger partial charge in [-0.3, -0.25) is 4.79 Å². The first-order valence-electron chi connectivity index (χ1n) is 7.78. The van der Waals surface area contributed by atoms with Gasteiger partial charge in [0.05, 0.1) is 6.04 Å². The number of sulfonamides is 1. The van der Waals surface area contributed by atoms with Crippen molar-refractivity contribution in [3.05, 3.63) is 41.3 Å². The second-order valence-electron chi connectivity index (χ2n) is 5.78. The van der Waals surface area contributed by atoms with Crippen LogP contribution in [-0.4, -0.2) is 32.1 Å². The predicted octanol–water partition coefficient (Wildman–Crippen LogP) is 1.32. The van der Waals surface area contributed by atoms with Crippen LogP contribution in [0.1, 0.15) is 23.9 Å². The van der Waals surface area contributed by atoms with E-state index in [-0.39, 0.29) is 28.8 Å². The van der Waals surface area contributed by atoms with Gasteiger partial charge in [-0.25, -0.2) is 8.42 Å². The van der Waals surface area contributed by atoms with Crippen molar-refractivity contribution in [2.24, 2.45) is 0 Å². The molecule has 2 aromatic rings. The van der Waals surface area contributed by atoms with E-state index in [2.05, 4.69) is 15.2 Å². The molecule has 1 atom stereocenters. The molecule has 26 heavy (non-hydrogen) atoms. The number of aromatic nitrogens is 1. The summed E-state index contributed by atoms with van der Waals surface area (Å²) in [4.78, 5) is 12.1. The SMILES string of the molecule is Cc1noc(C)c1S(=O)(=O)NC(C)C(=O)NCCc1ccc(N)cc1.Cl. The standard InChI is InChI=1S/C16H22N4O4S.ClH/c1-10-15(12(3)24-19-10)25(22,23)20-11(2)16(21)18-9-8-13-4-6-14(17)7-5-13;/h4-7,11,20H,8-9,17H2,1-3H3,(H,18,21);1H. The number of benzene rings is 1. The maximum Gasteiger partial charge on any atom is 0.246 e. The zero-order valence-electron chi connectivity index (χ0n) is 14.8. The largest absolute Gasteiger partial charge is 0.399 e. The van der Waals surface area contributed by atoms with Gasteiger partial charge in [-0.2, -0.15) is 4.72 Å². The molecular formula is C16H23ClN4O4S. The van der Waals surface area contributed by atoms with E-state index in [1.807, 2.05) is 12.1 Å². The van der Waals surface area contributed by atoms with Gasteiger partial charge in [0.25, 0.3) is 0 Å². The summed E-state index contributed by atoms with van der Waals surface area (Å²) in [5, 5.41) is 6.33. The van der Waals surface area contributed by atoms with Crippen LogP contribution in [0.15, 0.2) is 33.7 Å². The van der Waals surface area contributed by atoms with E-state index < -0.39 is 22.0 Å². The predicted molar refractivity (Wildman–Crippen MR) is 101 cm³/mol. The number of nitrogens with two attached hydrogens (primary N) is 1. The molecule has 0 saturated carbocycles. The number of nitrogens with one attached hydrogen (secondary N) is 2. The number of amides is 1. The minimum atomic E-state index is -3.89. The number of hydrogen-bond acceptors (Lipinski definition) is 6. The van der Waals surface area contributed by atoms with Gasteiger partial charge in [-0.05, 0) is 44.9 Å². The van der Waals surface area contributed by atoms with Crippen molar-refractivity contribution in [3.63, 3.8) is 0 Å². The van der Waals surface area contributed by atoms with Gasteiger partial charge < -0.3 is 15.6 Å². The molecule has 0 aliphatic rings. The summed E-state index contributed by atoms with van der Waals surface area (Å²) in [7, 11) is -3.89. The van der Waals surface area contributed by atoms with Crippen molar-refractivity contribution in [2.45, 2.75) is 38.1 Å². The van der Waals surface area contributed by atoms with Gasteiger partial charge in [0, 0.05) is 12.2 Å². The van der Waals surface area contributed by atoms with E-state index in [4.69, 9.17) is 10.3 Å². The van der Waals surface area contributed by atoms with E-state index >= 15 is 0 Å². The number of anilines is 1. The summed E-state index contributed by atoms with van der Waals surface area (Å²) >= 11 is 0. The third kappa shape index (κ3) is 5.45. The molecule has 0 spiro atoms. The molecule has 144 valence electrons. The summed E-state index contributed by atoms with van der Waals surface area (Å²) in [6.45, 7) is 4.91. The summed E-state index contributed by atoms with van der Waals surface area (Å²) in [6, 6.07) is 6.41. The molecule has 1 heterocycles. The Labute approximate surface area is 159 Å². The normalized spacial score (nSPS) is 12.3. The Morgan fingerprint density at radius 3 is 2.42 bits per heavy atom. The van der Waals surface area contributed by atoms with Gasteiger partial charge in [-0.1, -0.05) is 17.3 Å². The Morgan fingerprint density at radius 1 is 1.27 bits per heavy atom. The molecule has 1 aromatic heterocycles. The Kier molecular flexibility index (Phi) is 7.61. The minimum absolute atomic E-state index is 0. The van der Waals surface area contributed by atoms with Gasteiger partial charge in [0.2, 0.25) is 15.9 Å². The second-order valence-corrected chi connectivity index (χ2v) is 7.43. The van der Waals surface area contributed by atoms with Crippen LogP contribution in [0.2, 0.25) is 0 Å². The lowest BCUT2D eigenvalue weighted by Gasteiger charge is -2.14. The number of aryl methyl sites for hydroxylation is 2. The third-order valence-corrected chi connectivity index (χ3v) is 5.44. The number of halogens is 1. The number of carbonyl (C=O) groups is 1. The van der Waals surface area contributed by atoms with Crippen LogP contribution in [-0.2, 0) is 21.2 Å².